The smallest absolute Gasteiger partial charge is 0.410 e. The van der Waals surface area contributed by atoms with Gasteiger partial charge in [-0.15, -0.1) is 0 Å². The van der Waals surface area contributed by atoms with Crippen LogP contribution in [0.25, 0.3) is 0 Å². The van der Waals surface area contributed by atoms with E-state index in [0.29, 0.717) is 25.9 Å². The molecule has 1 aliphatic rings. The highest BCUT2D eigenvalue weighted by atomic mass is 35.6. The van der Waals surface area contributed by atoms with E-state index in [4.69, 9.17) is 54.4 Å². The lowest BCUT2D eigenvalue weighted by molar-refractivity contribution is -0.136. The number of piperidine rings is 1. The molecule has 0 spiro atoms. The van der Waals surface area contributed by atoms with Gasteiger partial charge in [0.15, 0.2) is 0 Å². The van der Waals surface area contributed by atoms with E-state index in [2.05, 4.69) is 0 Å². The summed E-state index contributed by atoms with van der Waals surface area (Å²) in [4.78, 5) is 41.7. The zero-order chi connectivity index (χ0) is 28.8. The number of likely N-dealkylation sites (tertiary alicyclic amines) is 1. The van der Waals surface area contributed by atoms with Crippen molar-refractivity contribution < 1.29 is 23.5 Å². The van der Waals surface area contributed by atoms with Gasteiger partial charge >= 0.3 is 6.09 Å². The molecule has 2 N–H and O–H groups in total. The molecule has 0 aliphatic carbocycles. The normalized spacial score (nSPS) is 15.5. The first-order valence-electron chi connectivity index (χ1n) is 12.6. The van der Waals surface area contributed by atoms with Gasteiger partial charge in [-0.3, -0.25) is 14.5 Å². The summed E-state index contributed by atoms with van der Waals surface area (Å²) in [5.74, 6) is 0.143. The maximum atomic E-state index is 13.0. The standard InChI is InChI=1S/C27H34Cl3N3O6/c1-26(2,3)23(31)24(35)32-11-9-19(10-12-32)33(25(36)39-17-27(28,29)30)14-20-13-21(34)22(16-37-20)38-15-18-7-5-4-6-8-18/h4-8,13,16,19,23H,9-12,14-15,17,31H2,1-3H3/t23-/m1/s1. The molecule has 1 fully saturated rings. The van der Waals surface area contributed by atoms with E-state index in [0.717, 1.165) is 5.56 Å². The predicted octanol–water partition coefficient (Wildman–Crippen LogP) is 4.89. The lowest BCUT2D eigenvalue weighted by Gasteiger charge is -2.40. The average Bonchev–Trinajstić information content (AvgIpc) is 2.89. The summed E-state index contributed by atoms with van der Waals surface area (Å²) in [5.41, 5.74) is 6.30. The van der Waals surface area contributed by atoms with Gasteiger partial charge in [-0.2, -0.15) is 0 Å². The molecule has 12 heteroatoms. The molecule has 2 heterocycles. The fourth-order valence-electron chi connectivity index (χ4n) is 4.06. The first-order valence-corrected chi connectivity index (χ1v) is 13.7. The average molecular weight is 603 g/mol. The van der Waals surface area contributed by atoms with E-state index in [9.17, 15) is 14.4 Å². The Labute approximate surface area is 243 Å². The Bertz CT molecular complexity index is 1170. The van der Waals surface area contributed by atoms with E-state index in [1.165, 1.54) is 17.2 Å². The van der Waals surface area contributed by atoms with Crippen LogP contribution in [0, 0.1) is 5.41 Å². The second-order valence-corrected chi connectivity index (χ2v) is 13.1. The minimum Gasteiger partial charge on any atom is -0.482 e. The van der Waals surface area contributed by atoms with Gasteiger partial charge in [0.05, 0.1) is 12.6 Å². The number of carbonyl (C=O) groups excluding carboxylic acids is 2. The monoisotopic (exact) mass is 601 g/mol. The minimum atomic E-state index is -1.79. The molecule has 0 saturated carbocycles. The topological polar surface area (TPSA) is 115 Å². The first kappa shape index (κ1) is 31.1. The molecule has 1 aromatic carbocycles. The maximum absolute atomic E-state index is 13.0. The number of benzene rings is 1. The van der Waals surface area contributed by atoms with Crippen molar-refractivity contribution in [1.82, 2.24) is 9.80 Å². The molecule has 0 radical (unpaired) electrons. The van der Waals surface area contributed by atoms with Gasteiger partial charge in [-0.1, -0.05) is 85.9 Å². The maximum Gasteiger partial charge on any atom is 0.410 e. The van der Waals surface area contributed by atoms with E-state index in [-0.39, 0.29) is 42.0 Å². The number of nitrogens with two attached hydrogens (primary N) is 1. The quantitative estimate of drug-likeness (QED) is 0.428. The van der Waals surface area contributed by atoms with Crippen molar-refractivity contribution in [3.8, 4) is 5.75 Å². The Balaban J connectivity index is 1.70. The molecule has 2 aromatic rings. The number of hydrogen-bond donors (Lipinski definition) is 1. The largest absolute Gasteiger partial charge is 0.482 e. The molecule has 1 aliphatic heterocycles. The van der Waals surface area contributed by atoms with Crippen LogP contribution in [0.15, 0.2) is 51.9 Å². The van der Waals surface area contributed by atoms with Crippen LogP contribution in [0.4, 0.5) is 4.79 Å². The van der Waals surface area contributed by atoms with Crippen molar-refractivity contribution >= 4 is 46.8 Å². The summed E-state index contributed by atoms with van der Waals surface area (Å²) in [6, 6.07) is 9.72. The second-order valence-electron chi connectivity index (χ2n) is 10.5. The summed E-state index contributed by atoms with van der Waals surface area (Å²) < 4.78 is 14.7. The summed E-state index contributed by atoms with van der Waals surface area (Å²) in [6.45, 7) is 6.23. The molecular weight excluding hydrogens is 569 g/mol. The van der Waals surface area contributed by atoms with Crippen LogP contribution in [-0.4, -0.2) is 57.4 Å². The van der Waals surface area contributed by atoms with Crippen LogP contribution < -0.4 is 15.9 Å². The molecule has 1 atom stereocenters. The third kappa shape index (κ3) is 9.31. The number of ether oxygens (including phenoxy) is 2. The highest BCUT2D eigenvalue weighted by Crippen LogP contribution is 2.28. The molecule has 0 bridgehead atoms. The number of amides is 2. The van der Waals surface area contributed by atoms with Crippen LogP contribution in [0.1, 0.15) is 44.9 Å². The van der Waals surface area contributed by atoms with Gasteiger partial charge in [0.2, 0.25) is 20.9 Å². The molecule has 0 unspecified atom stereocenters. The highest BCUT2D eigenvalue weighted by molar-refractivity contribution is 6.67. The summed E-state index contributed by atoms with van der Waals surface area (Å²) >= 11 is 17.3. The number of halogens is 3. The van der Waals surface area contributed by atoms with Gasteiger partial charge in [0, 0.05) is 25.2 Å². The van der Waals surface area contributed by atoms with Crippen LogP contribution in [0.5, 0.6) is 5.75 Å². The predicted molar refractivity (Wildman–Crippen MR) is 150 cm³/mol. The molecular formula is C27H34Cl3N3O6. The van der Waals surface area contributed by atoms with Crippen molar-refractivity contribution in [3.63, 3.8) is 0 Å². The molecule has 3 rings (SSSR count). The fourth-order valence-corrected chi connectivity index (χ4v) is 4.23. The Morgan fingerprint density at radius 2 is 1.79 bits per heavy atom. The van der Waals surface area contributed by atoms with Crippen LogP contribution in [-0.2, 0) is 22.7 Å². The fraction of sp³-hybridized carbons (Fsp3) is 0.519. The van der Waals surface area contributed by atoms with Crippen molar-refractivity contribution in [2.24, 2.45) is 11.1 Å². The first-order chi connectivity index (χ1) is 18.2. The van der Waals surface area contributed by atoms with Gasteiger partial charge in [-0.05, 0) is 23.8 Å². The van der Waals surface area contributed by atoms with Crippen molar-refractivity contribution in [2.45, 2.75) is 62.6 Å². The van der Waals surface area contributed by atoms with E-state index in [1.54, 1.807) is 4.90 Å². The van der Waals surface area contributed by atoms with Crippen LogP contribution in [0.3, 0.4) is 0 Å². The Hall–Kier alpha value is -2.46. The minimum absolute atomic E-state index is 0.0509. The summed E-state index contributed by atoms with van der Waals surface area (Å²) in [7, 11) is 0. The number of rotatable bonds is 8. The van der Waals surface area contributed by atoms with Crippen molar-refractivity contribution in [1.29, 1.82) is 0 Å². The van der Waals surface area contributed by atoms with Crippen LogP contribution >= 0.6 is 34.8 Å². The van der Waals surface area contributed by atoms with E-state index >= 15 is 0 Å². The Kier molecular flexibility index (Phi) is 10.6. The van der Waals surface area contributed by atoms with Gasteiger partial charge < -0.3 is 24.5 Å². The summed E-state index contributed by atoms with van der Waals surface area (Å²) in [6.07, 6.45) is 1.42. The zero-order valence-electron chi connectivity index (χ0n) is 22.2. The molecule has 9 nitrogen and oxygen atoms in total. The molecule has 39 heavy (non-hydrogen) atoms. The number of nitrogens with zero attached hydrogens (tertiary/aromatic N) is 2. The molecule has 214 valence electrons. The molecule has 1 aromatic heterocycles. The lowest BCUT2D eigenvalue weighted by atomic mass is 9.86. The zero-order valence-corrected chi connectivity index (χ0v) is 24.5. The highest BCUT2D eigenvalue weighted by Gasteiger charge is 2.36. The van der Waals surface area contributed by atoms with E-state index < -0.39 is 28.0 Å². The third-order valence-corrected chi connectivity index (χ3v) is 6.75. The molecule has 1 saturated heterocycles. The van der Waals surface area contributed by atoms with Gasteiger partial charge in [0.25, 0.3) is 0 Å². The third-order valence-electron chi connectivity index (χ3n) is 6.43. The Morgan fingerprint density at radius 3 is 2.36 bits per heavy atom. The van der Waals surface area contributed by atoms with Crippen molar-refractivity contribution in [3.05, 3.63) is 64.2 Å². The van der Waals surface area contributed by atoms with Gasteiger partial charge in [-0.25, -0.2) is 4.79 Å². The van der Waals surface area contributed by atoms with Gasteiger partial charge in [0.1, 0.15) is 25.2 Å². The number of hydrogen-bond acceptors (Lipinski definition) is 7. The van der Waals surface area contributed by atoms with Crippen molar-refractivity contribution in [2.75, 3.05) is 19.7 Å². The van der Waals surface area contributed by atoms with E-state index in [1.807, 2.05) is 51.1 Å². The molecule has 2 amide bonds. The Morgan fingerprint density at radius 1 is 1.15 bits per heavy atom. The summed E-state index contributed by atoms with van der Waals surface area (Å²) in [5, 5.41) is 0. The lowest BCUT2D eigenvalue weighted by Crippen LogP contribution is -2.55. The number of alkyl halides is 3. The number of carbonyl (C=O) groups is 2. The SMILES string of the molecule is CC(C)(C)[C@H](N)C(=O)N1CCC(N(Cc2cc(=O)c(OCc3ccccc3)co2)C(=O)OCC(Cl)(Cl)Cl)CC1. The van der Waals surface area contributed by atoms with Crippen LogP contribution in [0.2, 0.25) is 0 Å². The second kappa shape index (κ2) is 13.3.